The van der Waals surface area contributed by atoms with E-state index in [1.165, 1.54) is 42.5 Å². The monoisotopic (exact) mass is 443 g/mol. The van der Waals surface area contributed by atoms with Gasteiger partial charge in [0.25, 0.3) is 0 Å². The lowest BCUT2D eigenvalue weighted by atomic mass is 10.1. The number of phenols is 1. The predicted molar refractivity (Wildman–Crippen MR) is 122 cm³/mol. The number of aromatic amines is 1. The third-order valence-corrected chi connectivity index (χ3v) is 6.75. The molecule has 0 spiro atoms. The van der Waals surface area contributed by atoms with Crippen molar-refractivity contribution in [3.63, 3.8) is 0 Å². The van der Waals surface area contributed by atoms with Gasteiger partial charge in [0.05, 0.1) is 4.70 Å². The van der Waals surface area contributed by atoms with E-state index < -0.39 is 12.3 Å². The number of aromatic hydroxyl groups is 1. The highest BCUT2D eigenvalue weighted by Gasteiger charge is 2.22. The fourth-order valence-electron chi connectivity index (χ4n) is 4.18. The Hall–Kier alpha value is -2.23. The molecule has 2 atom stereocenters. The van der Waals surface area contributed by atoms with Crippen LogP contribution in [0.2, 0.25) is 0 Å². The fourth-order valence-corrected chi connectivity index (χ4v) is 5.08. The number of phenolic OH excluding ortho intramolecular Hbond substituents is 1. The quantitative estimate of drug-likeness (QED) is 0.342. The largest absolute Gasteiger partial charge is 0.506 e. The molecule has 31 heavy (non-hydrogen) atoms. The van der Waals surface area contributed by atoms with Crippen LogP contribution in [0, 0.1) is 0 Å². The van der Waals surface area contributed by atoms with Gasteiger partial charge < -0.3 is 20.3 Å². The van der Waals surface area contributed by atoms with Gasteiger partial charge in [-0.2, -0.15) is 0 Å². The van der Waals surface area contributed by atoms with E-state index in [1.54, 1.807) is 0 Å². The van der Waals surface area contributed by atoms with Crippen molar-refractivity contribution in [2.75, 3.05) is 19.6 Å². The first kappa shape index (κ1) is 22.0. The minimum Gasteiger partial charge on any atom is -0.506 e. The van der Waals surface area contributed by atoms with Gasteiger partial charge in [-0.1, -0.05) is 48.1 Å². The molecule has 1 aliphatic rings. The third kappa shape index (κ3) is 5.34. The molecule has 5 N–H and O–H groups in total. The highest BCUT2D eigenvalue weighted by Crippen LogP contribution is 2.32. The molecule has 1 aromatic heterocycles. The second-order valence-corrected chi connectivity index (χ2v) is 9.13. The molecule has 1 aliphatic heterocycles. The van der Waals surface area contributed by atoms with Crippen LogP contribution in [0.4, 0.5) is 0 Å². The molecule has 7 nitrogen and oxygen atoms in total. The van der Waals surface area contributed by atoms with Crippen LogP contribution in [0.1, 0.15) is 42.1 Å². The molecule has 2 aromatic carbocycles. The van der Waals surface area contributed by atoms with E-state index in [2.05, 4.69) is 39.5 Å². The molecule has 0 saturated carbocycles. The summed E-state index contributed by atoms with van der Waals surface area (Å²) in [5, 5.41) is 33.9. The second kappa shape index (κ2) is 9.93. The maximum Gasteiger partial charge on any atom is 0.305 e. The number of aliphatic hydroxyl groups is 2. The van der Waals surface area contributed by atoms with Gasteiger partial charge in [0.1, 0.15) is 23.6 Å². The normalized spacial score (nSPS) is 17.1. The Morgan fingerprint density at radius 1 is 1.10 bits per heavy atom. The van der Waals surface area contributed by atoms with Crippen molar-refractivity contribution in [3.8, 4) is 5.75 Å². The van der Waals surface area contributed by atoms with Gasteiger partial charge in [0.15, 0.2) is 0 Å². The lowest BCUT2D eigenvalue weighted by Gasteiger charge is -2.26. The van der Waals surface area contributed by atoms with Gasteiger partial charge in [-0.3, -0.25) is 15.0 Å². The fraction of sp³-hybridized carbons (Fsp3) is 0.435. The number of likely N-dealkylation sites (tertiary alicyclic amines) is 1. The summed E-state index contributed by atoms with van der Waals surface area (Å²) in [5.74, 6) is -0.0591. The van der Waals surface area contributed by atoms with Crippen molar-refractivity contribution in [2.45, 2.75) is 44.6 Å². The summed E-state index contributed by atoms with van der Waals surface area (Å²) in [7, 11) is 0. The number of hydrogen-bond acceptors (Lipinski definition) is 7. The molecule has 166 valence electrons. The van der Waals surface area contributed by atoms with Gasteiger partial charge in [0, 0.05) is 18.7 Å². The van der Waals surface area contributed by atoms with Crippen LogP contribution in [0.25, 0.3) is 10.2 Å². The number of piperidine rings is 1. The minimum atomic E-state index is -1.22. The van der Waals surface area contributed by atoms with Crippen molar-refractivity contribution in [3.05, 3.63) is 62.8 Å². The van der Waals surface area contributed by atoms with Crippen molar-refractivity contribution in [1.82, 2.24) is 15.2 Å². The van der Waals surface area contributed by atoms with Gasteiger partial charge in [-0.25, -0.2) is 0 Å². The van der Waals surface area contributed by atoms with Crippen molar-refractivity contribution < 1.29 is 15.3 Å². The molecule has 0 amide bonds. The number of rotatable bonds is 8. The number of H-pyrrole nitrogens is 1. The van der Waals surface area contributed by atoms with E-state index in [4.69, 9.17) is 0 Å². The Balaban J connectivity index is 1.34. The number of aliphatic hydroxyl groups excluding tert-OH is 2. The van der Waals surface area contributed by atoms with Gasteiger partial charge in [-0.15, -0.1) is 0 Å². The highest BCUT2D eigenvalue weighted by molar-refractivity contribution is 7.16. The van der Waals surface area contributed by atoms with Crippen molar-refractivity contribution in [2.24, 2.45) is 0 Å². The molecular formula is C23H29N3O4S. The van der Waals surface area contributed by atoms with Crippen LogP contribution < -0.4 is 10.2 Å². The zero-order chi connectivity index (χ0) is 21.8. The third-order valence-electron chi connectivity index (χ3n) is 5.82. The Bertz CT molecular complexity index is 1070. The van der Waals surface area contributed by atoms with Crippen LogP contribution in [0.3, 0.4) is 0 Å². The van der Waals surface area contributed by atoms with Crippen LogP contribution >= 0.6 is 11.3 Å². The average molecular weight is 444 g/mol. The molecule has 4 rings (SSSR count). The molecular weight excluding hydrogens is 414 g/mol. The first-order valence-electron chi connectivity index (χ1n) is 10.8. The Labute approximate surface area is 185 Å². The molecule has 3 aromatic rings. The smallest absolute Gasteiger partial charge is 0.305 e. The van der Waals surface area contributed by atoms with Crippen molar-refractivity contribution in [1.29, 1.82) is 0 Å². The standard InChI is InChI=1S/C23H29N3O4S/c27-18-8-7-17(21-19(18)25-23(30)31-21)20(28)22(29)24-10-9-15-5-4-6-16(13-15)14-26-11-2-1-3-12-26/h4-8,13,20,22,24,27-29H,1-3,9-12,14H2,(H,25,30). The summed E-state index contributed by atoms with van der Waals surface area (Å²) in [6, 6.07) is 11.4. The van der Waals surface area contributed by atoms with Gasteiger partial charge >= 0.3 is 4.87 Å². The first-order valence-corrected chi connectivity index (χ1v) is 11.6. The lowest BCUT2D eigenvalue weighted by molar-refractivity contribution is -0.00168. The van der Waals surface area contributed by atoms with Crippen LogP contribution in [-0.4, -0.2) is 51.1 Å². The summed E-state index contributed by atoms with van der Waals surface area (Å²) in [6.45, 7) is 3.79. The van der Waals surface area contributed by atoms with Crippen LogP contribution in [-0.2, 0) is 13.0 Å². The maximum absolute atomic E-state index is 11.7. The minimum absolute atomic E-state index is 0.0591. The second-order valence-electron chi connectivity index (χ2n) is 8.14. The van der Waals surface area contributed by atoms with Gasteiger partial charge in [-0.05, 0) is 49.5 Å². The Kier molecular flexibility index (Phi) is 7.04. The van der Waals surface area contributed by atoms with Crippen LogP contribution in [0.15, 0.2) is 41.2 Å². The first-order chi connectivity index (χ1) is 15.0. The zero-order valence-corrected chi connectivity index (χ0v) is 18.2. The van der Waals surface area contributed by atoms with Gasteiger partial charge in [0.2, 0.25) is 0 Å². The number of fused-ring (bicyclic) bond motifs is 1. The number of benzene rings is 2. The number of hydrogen-bond donors (Lipinski definition) is 5. The molecule has 0 aliphatic carbocycles. The van der Waals surface area contributed by atoms with E-state index in [1.807, 2.05) is 0 Å². The van der Waals surface area contributed by atoms with E-state index in [0.29, 0.717) is 16.8 Å². The van der Waals surface area contributed by atoms with Crippen molar-refractivity contribution >= 4 is 21.6 Å². The molecule has 8 heteroatoms. The van der Waals surface area contributed by atoms with E-state index >= 15 is 0 Å². The van der Waals surface area contributed by atoms with E-state index in [0.717, 1.165) is 37.4 Å². The molecule has 2 heterocycles. The SMILES string of the molecule is O=c1[nH]c2c(O)ccc(C(O)C(O)NCCc3cccc(CN4CCCCC4)c3)c2s1. The summed E-state index contributed by atoms with van der Waals surface area (Å²) >= 11 is 0.901. The number of aromatic nitrogens is 1. The van der Waals surface area contributed by atoms with E-state index in [9.17, 15) is 20.1 Å². The lowest BCUT2D eigenvalue weighted by Crippen LogP contribution is -2.36. The molecule has 1 saturated heterocycles. The number of nitrogens with one attached hydrogen (secondary N) is 2. The molecule has 1 fully saturated rings. The zero-order valence-electron chi connectivity index (χ0n) is 17.4. The number of thiazole rings is 1. The molecule has 0 radical (unpaired) electrons. The molecule has 0 bridgehead atoms. The van der Waals surface area contributed by atoms with Crippen LogP contribution in [0.5, 0.6) is 5.75 Å². The summed E-state index contributed by atoms with van der Waals surface area (Å²) in [5.41, 5.74) is 3.16. The topological polar surface area (TPSA) is 109 Å². The molecule has 2 unspecified atom stereocenters. The Morgan fingerprint density at radius 3 is 2.68 bits per heavy atom. The average Bonchev–Trinajstić information content (AvgIpc) is 3.17. The Morgan fingerprint density at radius 2 is 1.87 bits per heavy atom. The van der Waals surface area contributed by atoms with E-state index in [-0.39, 0.29) is 16.1 Å². The highest BCUT2D eigenvalue weighted by atomic mass is 32.1. The predicted octanol–water partition coefficient (Wildman–Crippen LogP) is 2.47. The summed E-state index contributed by atoms with van der Waals surface area (Å²) in [6.07, 6.45) is 2.18. The summed E-state index contributed by atoms with van der Waals surface area (Å²) < 4.78 is 0.448. The summed E-state index contributed by atoms with van der Waals surface area (Å²) in [4.78, 5) is 16.4. The maximum atomic E-state index is 11.7. The number of nitrogens with zero attached hydrogens (tertiary/aromatic N) is 1.